The van der Waals surface area contributed by atoms with E-state index < -0.39 is 0 Å². The number of nitrogens with one attached hydrogen (secondary N) is 1. The molecule has 2 heterocycles. The molecular weight excluding hydrogens is 326 g/mol. The lowest BCUT2D eigenvalue weighted by Crippen LogP contribution is -2.31. The van der Waals surface area contributed by atoms with Crippen LogP contribution in [0.15, 0.2) is 28.8 Å². The number of likely N-dealkylation sites (tertiary alicyclic amines) is 1. The maximum Gasteiger partial charge on any atom is 0.257 e. The summed E-state index contributed by atoms with van der Waals surface area (Å²) >= 11 is 6.24. The van der Waals surface area contributed by atoms with Crippen LogP contribution in [0.3, 0.4) is 0 Å². The van der Waals surface area contributed by atoms with Crippen molar-refractivity contribution in [3.05, 3.63) is 40.6 Å². The van der Waals surface area contributed by atoms with Gasteiger partial charge in [0.25, 0.3) is 5.91 Å². The highest BCUT2D eigenvalue weighted by atomic mass is 35.5. The van der Waals surface area contributed by atoms with Gasteiger partial charge in [-0.1, -0.05) is 41.9 Å². The maximum absolute atomic E-state index is 12.7. The predicted octanol–water partition coefficient (Wildman–Crippen LogP) is 3.38. The van der Waals surface area contributed by atoms with Crippen LogP contribution >= 0.6 is 11.6 Å². The molecule has 24 heavy (non-hydrogen) atoms. The van der Waals surface area contributed by atoms with Crippen molar-refractivity contribution in [2.24, 2.45) is 5.92 Å². The molecule has 5 nitrogen and oxygen atoms in total. The number of aromatic nitrogens is 1. The molecule has 3 rings (SSSR count). The van der Waals surface area contributed by atoms with Crippen molar-refractivity contribution in [2.45, 2.75) is 20.3 Å². The summed E-state index contributed by atoms with van der Waals surface area (Å²) in [6.07, 6.45) is 1.12. The second kappa shape index (κ2) is 7.36. The molecule has 1 atom stereocenters. The lowest BCUT2D eigenvalue weighted by molar-refractivity contribution is 0.0946. The molecule has 1 aromatic carbocycles. The van der Waals surface area contributed by atoms with Gasteiger partial charge in [0, 0.05) is 18.7 Å². The smallest absolute Gasteiger partial charge is 0.257 e. The molecule has 1 aliphatic rings. The van der Waals surface area contributed by atoms with Crippen LogP contribution < -0.4 is 5.32 Å². The average molecular weight is 348 g/mol. The minimum absolute atomic E-state index is 0.154. The summed E-state index contributed by atoms with van der Waals surface area (Å²) < 4.78 is 5.25. The van der Waals surface area contributed by atoms with Crippen LogP contribution in [0.2, 0.25) is 5.02 Å². The molecule has 1 amide bonds. The minimum Gasteiger partial charge on any atom is -0.360 e. The van der Waals surface area contributed by atoms with Crippen molar-refractivity contribution in [2.75, 3.05) is 26.2 Å². The Labute approximate surface area is 147 Å². The van der Waals surface area contributed by atoms with Crippen LogP contribution in [0, 0.1) is 12.8 Å². The zero-order valence-electron chi connectivity index (χ0n) is 14.0. The highest BCUT2D eigenvalue weighted by Crippen LogP contribution is 2.31. The van der Waals surface area contributed by atoms with Gasteiger partial charge in [0.1, 0.15) is 17.0 Å². The Morgan fingerprint density at radius 2 is 2.25 bits per heavy atom. The molecule has 1 fully saturated rings. The van der Waals surface area contributed by atoms with E-state index in [0.717, 1.165) is 26.1 Å². The highest BCUT2D eigenvalue weighted by Gasteiger charge is 2.25. The molecule has 0 bridgehead atoms. The number of hydrogen-bond donors (Lipinski definition) is 1. The van der Waals surface area contributed by atoms with Crippen LogP contribution in [0.1, 0.15) is 29.5 Å². The summed E-state index contributed by atoms with van der Waals surface area (Å²) in [4.78, 5) is 15.1. The van der Waals surface area contributed by atoms with Gasteiger partial charge in [0.15, 0.2) is 0 Å². The summed E-state index contributed by atoms with van der Waals surface area (Å²) in [5, 5.41) is 7.63. The van der Waals surface area contributed by atoms with Crippen LogP contribution in [-0.2, 0) is 0 Å². The number of nitrogens with zero attached hydrogens (tertiary/aromatic N) is 2. The number of carbonyl (C=O) groups is 1. The normalized spacial score (nSPS) is 18.0. The van der Waals surface area contributed by atoms with Gasteiger partial charge in [-0.2, -0.15) is 0 Å². The Morgan fingerprint density at radius 1 is 1.46 bits per heavy atom. The van der Waals surface area contributed by atoms with E-state index in [4.69, 9.17) is 16.1 Å². The van der Waals surface area contributed by atoms with E-state index in [-0.39, 0.29) is 5.91 Å². The second-order valence-corrected chi connectivity index (χ2v) is 6.61. The monoisotopic (exact) mass is 347 g/mol. The van der Waals surface area contributed by atoms with Crippen LogP contribution in [0.25, 0.3) is 11.3 Å². The number of halogens is 1. The van der Waals surface area contributed by atoms with Gasteiger partial charge < -0.3 is 14.7 Å². The van der Waals surface area contributed by atoms with E-state index in [2.05, 4.69) is 22.3 Å². The Kier molecular flexibility index (Phi) is 5.21. The first-order valence-corrected chi connectivity index (χ1v) is 8.69. The third kappa shape index (κ3) is 3.47. The summed E-state index contributed by atoms with van der Waals surface area (Å²) in [5.74, 6) is 0.848. The Balaban J connectivity index is 1.74. The van der Waals surface area contributed by atoms with Gasteiger partial charge in [-0.15, -0.1) is 0 Å². The number of amides is 1. The van der Waals surface area contributed by atoms with Crippen molar-refractivity contribution >= 4 is 17.5 Å². The number of benzene rings is 1. The van der Waals surface area contributed by atoms with Crippen molar-refractivity contribution in [1.82, 2.24) is 15.4 Å². The summed E-state index contributed by atoms with van der Waals surface area (Å²) in [5.41, 5.74) is 1.67. The molecule has 1 N–H and O–H groups in total. The van der Waals surface area contributed by atoms with Gasteiger partial charge >= 0.3 is 0 Å². The summed E-state index contributed by atoms with van der Waals surface area (Å²) in [6.45, 7) is 7.78. The fourth-order valence-electron chi connectivity index (χ4n) is 3.17. The number of carbonyl (C=O) groups excluding carboxylic acids is 1. The average Bonchev–Trinajstić information content (AvgIpc) is 3.19. The van der Waals surface area contributed by atoms with Crippen LogP contribution in [0.5, 0.6) is 0 Å². The molecule has 0 radical (unpaired) electrons. The van der Waals surface area contributed by atoms with E-state index in [0.29, 0.717) is 40.1 Å². The topological polar surface area (TPSA) is 58.4 Å². The molecule has 1 unspecified atom stereocenters. The summed E-state index contributed by atoms with van der Waals surface area (Å²) in [7, 11) is 0. The molecule has 2 aromatic rings. The van der Waals surface area contributed by atoms with E-state index in [1.165, 1.54) is 0 Å². The number of rotatable bonds is 5. The minimum atomic E-state index is -0.154. The van der Waals surface area contributed by atoms with Gasteiger partial charge in [0.2, 0.25) is 0 Å². The summed E-state index contributed by atoms with van der Waals surface area (Å²) in [6, 6.07) is 7.33. The second-order valence-electron chi connectivity index (χ2n) is 6.20. The lowest BCUT2D eigenvalue weighted by Gasteiger charge is -2.14. The molecule has 1 aliphatic heterocycles. The molecule has 1 aromatic heterocycles. The van der Waals surface area contributed by atoms with E-state index in [9.17, 15) is 4.79 Å². The number of aryl methyl sites for hydroxylation is 1. The van der Waals surface area contributed by atoms with E-state index >= 15 is 0 Å². The van der Waals surface area contributed by atoms with Gasteiger partial charge in [-0.25, -0.2) is 0 Å². The standard InChI is InChI=1S/C18H22ClN3O2/c1-3-22-9-8-13(11-22)10-20-18(23)16-12(2)24-21-17(16)14-6-4-5-7-15(14)19/h4-7,13H,3,8-11H2,1-2H3,(H,20,23). The van der Waals surface area contributed by atoms with Gasteiger partial charge in [-0.3, -0.25) is 4.79 Å². The van der Waals surface area contributed by atoms with Crippen LogP contribution in [-0.4, -0.2) is 42.1 Å². The fraction of sp³-hybridized carbons (Fsp3) is 0.444. The SMILES string of the molecule is CCN1CCC(CNC(=O)c2c(-c3ccccc3Cl)noc2C)C1. The van der Waals surface area contributed by atoms with Crippen molar-refractivity contribution < 1.29 is 9.32 Å². The quantitative estimate of drug-likeness (QED) is 0.900. The van der Waals surface area contributed by atoms with E-state index in [1.54, 1.807) is 13.0 Å². The zero-order valence-corrected chi connectivity index (χ0v) is 14.8. The Bertz CT molecular complexity index is 729. The lowest BCUT2D eigenvalue weighted by atomic mass is 10.0. The fourth-order valence-corrected chi connectivity index (χ4v) is 3.39. The third-order valence-corrected chi connectivity index (χ3v) is 4.92. The molecule has 0 saturated carbocycles. The Hall–Kier alpha value is -1.85. The molecule has 0 spiro atoms. The van der Waals surface area contributed by atoms with Gasteiger partial charge in [0.05, 0.1) is 5.02 Å². The maximum atomic E-state index is 12.7. The molecule has 128 valence electrons. The molecule has 0 aliphatic carbocycles. The Morgan fingerprint density at radius 3 is 2.96 bits per heavy atom. The van der Waals surface area contributed by atoms with Gasteiger partial charge in [-0.05, 0) is 38.4 Å². The first-order valence-electron chi connectivity index (χ1n) is 8.31. The predicted molar refractivity (Wildman–Crippen MR) is 94.2 cm³/mol. The highest BCUT2D eigenvalue weighted by molar-refractivity contribution is 6.33. The first-order chi connectivity index (χ1) is 11.6. The number of hydrogen-bond acceptors (Lipinski definition) is 4. The van der Waals surface area contributed by atoms with Crippen LogP contribution in [0.4, 0.5) is 0 Å². The largest absolute Gasteiger partial charge is 0.360 e. The zero-order chi connectivity index (χ0) is 17.1. The molecule has 6 heteroatoms. The van der Waals surface area contributed by atoms with E-state index in [1.807, 2.05) is 18.2 Å². The first kappa shape index (κ1) is 17.0. The third-order valence-electron chi connectivity index (χ3n) is 4.59. The van der Waals surface area contributed by atoms with Crippen molar-refractivity contribution in [3.8, 4) is 11.3 Å². The molecule has 1 saturated heterocycles. The van der Waals surface area contributed by atoms with Crippen molar-refractivity contribution in [1.29, 1.82) is 0 Å². The molecular formula is C18H22ClN3O2. The van der Waals surface area contributed by atoms with Crippen molar-refractivity contribution in [3.63, 3.8) is 0 Å².